The van der Waals surface area contributed by atoms with Crippen LogP contribution < -0.4 is 9.64 Å². The van der Waals surface area contributed by atoms with Crippen molar-refractivity contribution in [2.24, 2.45) is 5.92 Å². The zero-order chi connectivity index (χ0) is 18.6. The number of methoxy groups -OCH3 is 1. The molecule has 0 N–H and O–H groups in total. The van der Waals surface area contributed by atoms with Crippen LogP contribution in [-0.4, -0.2) is 49.6 Å². The summed E-state index contributed by atoms with van der Waals surface area (Å²) in [5.41, 5.74) is 0.497. The lowest BCUT2D eigenvalue weighted by molar-refractivity contribution is -0.162. The number of hydrogen-bond acceptors (Lipinski definition) is 3. The fraction of sp³-hybridized carbons (Fsp3) is 0.412. The summed E-state index contributed by atoms with van der Waals surface area (Å²) in [6.45, 7) is 1.81. The number of amides is 2. The quantitative estimate of drug-likeness (QED) is 0.737. The molecule has 25 heavy (non-hydrogen) atoms. The number of nitrogens with zero attached hydrogens (tertiary/aromatic N) is 2. The lowest BCUT2D eigenvalue weighted by atomic mass is 10.1. The number of benzene rings is 1. The van der Waals surface area contributed by atoms with Crippen LogP contribution in [0.3, 0.4) is 0 Å². The van der Waals surface area contributed by atoms with Crippen molar-refractivity contribution in [1.82, 2.24) is 4.90 Å². The lowest BCUT2D eigenvalue weighted by Gasteiger charge is -2.25. The third-order valence-corrected chi connectivity index (χ3v) is 3.88. The van der Waals surface area contributed by atoms with Gasteiger partial charge in [-0.3, -0.25) is 9.59 Å². The molecular weight excluding hydrogens is 337 g/mol. The van der Waals surface area contributed by atoms with Gasteiger partial charge in [0.15, 0.2) is 0 Å². The minimum Gasteiger partial charge on any atom is -0.495 e. The molecule has 0 radical (unpaired) electrons. The van der Waals surface area contributed by atoms with Gasteiger partial charge in [-0.05, 0) is 12.1 Å². The molecule has 5 nitrogen and oxygen atoms in total. The second-order valence-electron chi connectivity index (χ2n) is 5.70. The predicted molar refractivity (Wildman–Crippen MR) is 86.3 cm³/mol. The average Bonchev–Trinajstić information content (AvgIpc) is 2.94. The Labute approximate surface area is 143 Å². The first-order chi connectivity index (χ1) is 11.8. The van der Waals surface area contributed by atoms with E-state index in [0.29, 0.717) is 16.3 Å². The summed E-state index contributed by atoms with van der Waals surface area (Å²) in [5.74, 6) is -1.40. The van der Waals surface area contributed by atoms with E-state index in [1.54, 1.807) is 24.3 Å². The van der Waals surface area contributed by atoms with E-state index in [1.807, 2.05) is 0 Å². The van der Waals surface area contributed by atoms with Crippen LogP contribution in [0.25, 0.3) is 0 Å². The van der Waals surface area contributed by atoms with E-state index < -0.39 is 24.5 Å². The van der Waals surface area contributed by atoms with Crippen molar-refractivity contribution in [2.45, 2.75) is 12.6 Å². The first-order valence-electron chi connectivity index (χ1n) is 7.66. The molecule has 2 amide bonds. The molecule has 1 aromatic carbocycles. The van der Waals surface area contributed by atoms with Crippen molar-refractivity contribution in [1.29, 1.82) is 0 Å². The van der Waals surface area contributed by atoms with Gasteiger partial charge in [-0.2, -0.15) is 13.2 Å². The Bertz CT molecular complexity index is 661. The first kappa shape index (κ1) is 18.8. The van der Waals surface area contributed by atoms with Crippen LogP contribution in [0.4, 0.5) is 18.9 Å². The highest BCUT2D eigenvalue weighted by Gasteiger charge is 2.40. The minimum atomic E-state index is -4.51. The Morgan fingerprint density at radius 3 is 2.72 bits per heavy atom. The summed E-state index contributed by atoms with van der Waals surface area (Å²) in [6, 6.07) is 6.79. The highest BCUT2D eigenvalue weighted by atomic mass is 19.4. The Morgan fingerprint density at radius 2 is 2.12 bits per heavy atom. The number of anilines is 1. The minimum absolute atomic E-state index is 0.0174. The molecule has 8 heteroatoms. The van der Waals surface area contributed by atoms with Gasteiger partial charge in [0.1, 0.15) is 12.3 Å². The topological polar surface area (TPSA) is 49.9 Å². The summed E-state index contributed by atoms with van der Waals surface area (Å²) >= 11 is 0. The Morgan fingerprint density at radius 1 is 1.44 bits per heavy atom. The fourth-order valence-electron chi connectivity index (χ4n) is 2.82. The van der Waals surface area contributed by atoms with Crippen molar-refractivity contribution in [3.8, 4) is 5.75 Å². The van der Waals surface area contributed by atoms with Crippen molar-refractivity contribution in [3.63, 3.8) is 0 Å². The average molecular weight is 356 g/mol. The molecule has 136 valence electrons. The van der Waals surface area contributed by atoms with Crippen LogP contribution in [0.15, 0.2) is 36.9 Å². The van der Waals surface area contributed by atoms with E-state index in [-0.39, 0.29) is 25.4 Å². The smallest absolute Gasteiger partial charge is 0.406 e. The number of carbonyl (C=O) groups is 2. The molecular formula is C17H19F3N2O3. The predicted octanol–water partition coefficient (Wildman–Crippen LogP) is 2.63. The standard InChI is InChI=1S/C17H19F3N2O3/c1-3-8-21(11-17(18,19)20)16(24)12-9-15(23)22(10-12)13-6-4-5-7-14(13)25-2/h3-7,12H,1,8-11H2,2H3. The van der Waals surface area contributed by atoms with Crippen molar-refractivity contribution in [3.05, 3.63) is 36.9 Å². The molecule has 1 unspecified atom stereocenters. The molecule has 1 aromatic rings. The number of halogens is 3. The van der Waals surface area contributed by atoms with Gasteiger partial charge >= 0.3 is 6.18 Å². The fourth-order valence-corrected chi connectivity index (χ4v) is 2.82. The zero-order valence-corrected chi connectivity index (χ0v) is 13.8. The molecule has 0 aromatic heterocycles. The lowest BCUT2D eigenvalue weighted by Crippen LogP contribution is -2.43. The van der Waals surface area contributed by atoms with Crippen LogP contribution >= 0.6 is 0 Å². The first-order valence-corrected chi connectivity index (χ1v) is 7.66. The molecule has 1 aliphatic rings. The molecule has 0 aliphatic carbocycles. The van der Waals surface area contributed by atoms with Gasteiger partial charge in [0.2, 0.25) is 11.8 Å². The van der Waals surface area contributed by atoms with E-state index >= 15 is 0 Å². The Balaban J connectivity index is 2.17. The van der Waals surface area contributed by atoms with Gasteiger partial charge in [0, 0.05) is 19.5 Å². The van der Waals surface area contributed by atoms with Crippen LogP contribution in [0.2, 0.25) is 0 Å². The highest BCUT2D eigenvalue weighted by molar-refractivity contribution is 6.01. The van der Waals surface area contributed by atoms with Crippen LogP contribution in [0, 0.1) is 5.92 Å². The number of para-hydroxylation sites is 2. The third-order valence-electron chi connectivity index (χ3n) is 3.88. The number of rotatable bonds is 6. The van der Waals surface area contributed by atoms with Gasteiger partial charge in [-0.15, -0.1) is 6.58 Å². The monoisotopic (exact) mass is 356 g/mol. The van der Waals surface area contributed by atoms with Gasteiger partial charge in [-0.25, -0.2) is 0 Å². The maximum Gasteiger partial charge on any atom is 0.406 e. The maximum atomic E-state index is 12.7. The summed E-state index contributed by atoms with van der Waals surface area (Å²) in [5, 5.41) is 0. The summed E-state index contributed by atoms with van der Waals surface area (Å²) in [7, 11) is 1.46. The Hall–Kier alpha value is -2.51. The third kappa shape index (κ3) is 4.52. The number of ether oxygens (including phenoxy) is 1. The van der Waals surface area contributed by atoms with Gasteiger partial charge in [0.25, 0.3) is 0 Å². The highest BCUT2D eigenvalue weighted by Crippen LogP contribution is 2.33. The van der Waals surface area contributed by atoms with Crippen molar-refractivity contribution >= 4 is 17.5 Å². The second kappa shape index (κ2) is 7.58. The number of alkyl halides is 3. The largest absolute Gasteiger partial charge is 0.495 e. The number of hydrogen-bond donors (Lipinski definition) is 0. The maximum absolute atomic E-state index is 12.7. The van der Waals surface area contributed by atoms with Crippen LogP contribution in [0.5, 0.6) is 5.75 Å². The summed E-state index contributed by atoms with van der Waals surface area (Å²) < 4.78 is 43.2. The van der Waals surface area contributed by atoms with Crippen LogP contribution in [-0.2, 0) is 9.59 Å². The van der Waals surface area contributed by atoms with Crippen molar-refractivity contribution in [2.75, 3.05) is 31.6 Å². The molecule has 0 spiro atoms. The SMILES string of the molecule is C=CCN(CC(F)(F)F)C(=O)C1CC(=O)N(c2ccccc2OC)C1. The van der Waals surface area contributed by atoms with E-state index in [2.05, 4.69) is 6.58 Å². The van der Waals surface area contributed by atoms with E-state index in [4.69, 9.17) is 4.74 Å². The molecule has 0 saturated carbocycles. The van der Waals surface area contributed by atoms with Gasteiger partial charge in [0.05, 0.1) is 18.7 Å². The normalized spacial score (nSPS) is 17.5. The van der Waals surface area contributed by atoms with Crippen LogP contribution in [0.1, 0.15) is 6.42 Å². The molecule has 1 heterocycles. The van der Waals surface area contributed by atoms with Gasteiger partial charge in [-0.1, -0.05) is 18.2 Å². The van der Waals surface area contributed by atoms with E-state index in [9.17, 15) is 22.8 Å². The molecule has 2 rings (SSSR count). The molecule has 1 aliphatic heterocycles. The van der Waals surface area contributed by atoms with E-state index in [0.717, 1.165) is 0 Å². The number of carbonyl (C=O) groups excluding carboxylic acids is 2. The molecule has 1 fully saturated rings. The summed E-state index contributed by atoms with van der Waals surface area (Å²) in [4.78, 5) is 26.8. The van der Waals surface area contributed by atoms with Crippen molar-refractivity contribution < 1.29 is 27.5 Å². The van der Waals surface area contributed by atoms with E-state index in [1.165, 1.54) is 18.1 Å². The van der Waals surface area contributed by atoms with Gasteiger partial charge < -0.3 is 14.5 Å². The second-order valence-corrected chi connectivity index (χ2v) is 5.70. The molecule has 1 atom stereocenters. The molecule has 0 bridgehead atoms. The Kier molecular flexibility index (Phi) is 5.71. The zero-order valence-electron chi connectivity index (χ0n) is 13.8. The summed E-state index contributed by atoms with van der Waals surface area (Å²) in [6.07, 6.45) is -3.41. The molecule has 1 saturated heterocycles.